The van der Waals surface area contributed by atoms with Crippen molar-refractivity contribution in [3.63, 3.8) is 0 Å². The summed E-state index contributed by atoms with van der Waals surface area (Å²) < 4.78 is 17.5. The van der Waals surface area contributed by atoms with E-state index in [1.165, 1.54) is 25.9 Å². The van der Waals surface area contributed by atoms with Crippen molar-refractivity contribution in [2.45, 2.75) is 38.1 Å². The molecule has 1 amide bonds. The summed E-state index contributed by atoms with van der Waals surface area (Å²) in [6, 6.07) is 7.58. The number of carbonyl (C=O) groups is 1. The summed E-state index contributed by atoms with van der Waals surface area (Å²) in [5.41, 5.74) is 0.709. The Bertz CT molecular complexity index is 535. The van der Waals surface area contributed by atoms with Gasteiger partial charge < -0.3 is 14.5 Å². The SMILES string of the molecule is Cl.O=C(c1ccc(OCCCF)cc1)N1CCC[C@H]1CN1CCCC1. The van der Waals surface area contributed by atoms with Gasteiger partial charge in [0.1, 0.15) is 5.75 Å². The van der Waals surface area contributed by atoms with E-state index in [1.54, 1.807) is 12.1 Å². The van der Waals surface area contributed by atoms with Gasteiger partial charge in [-0.05, 0) is 63.0 Å². The molecule has 1 atom stereocenters. The number of benzene rings is 1. The minimum atomic E-state index is -0.371. The minimum absolute atomic E-state index is 0. The van der Waals surface area contributed by atoms with E-state index in [1.807, 2.05) is 17.0 Å². The number of halogens is 2. The molecule has 0 N–H and O–H groups in total. The van der Waals surface area contributed by atoms with Crippen molar-refractivity contribution < 1.29 is 13.9 Å². The topological polar surface area (TPSA) is 32.8 Å². The molecule has 0 bridgehead atoms. The first-order valence-electron chi connectivity index (χ1n) is 9.10. The smallest absolute Gasteiger partial charge is 0.254 e. The van der Waals surface area contributed by atoms with Crippen LogP contribution in [0.3, 0.4) is 0 Å². The Labute approximate surface area is 155 Å². The molecule has 0 unspecified atom stereocenters. The maximum absolute atomic E-state index is 12.8. The van der Waals surface area contributed by atoms with E-state index in [2.05, 4.69) is 4.90 Å². The number of likely N-dealkylation sites (tertiary alicyclic amines) is 2. The lowest BCUT2D eigenvalue weighted by atomic mass is 10.1. The summed E-state index contributed by atoms with van der Waals surface area (Å²) in [6.45, 7) is 4.20. The normalized spacial score (nSPS) is 20.5. The third-order valence-corrected chi connectivity index (χ3v) is 4.95. The first kappa shape index (κ1) is 20.0. The molecule has 4 nitrogen and oxygen atoms in total. The highest BCUT2D eigenvalue weighted by atomic mass is 35.5. The molecule has 140 valence electrons. The number of hydrogen-bond donors (Lipinski definition) is 0. The van der Waals surface area contributed by atoms with Crippen molar-refractivity contribution in [1.82, 2.24) is 9.80 Å². The van der Waals surface area contributed by atoms with Gasteiger partial charge in [-0.25, -0.2) is 0 Å². The Balaban J connectivity index is 0.00000225. The highest BCUT2D eigenvalue weighted by Crippen LogP contribution is 2.23. The number of carbonyl (C=O) groups excluding carboxylic acids is 1. The van der Waals surface area contributed by atoms with E-state index < -0.39 is 0 Å². The van der Waals surface area contributed by atoms with Crippen molar-refractivity contribution in [2.24, 2.45) is 0 Å². The minimum Gasteiger partial charge on any atom is -0.493 e. The number of ether oxygens (including phenoxy) is 1. The molecule has 2 fully saturated rings. The van der Waals surface area contributed by atoms with E-state index in [0.717, 1.165) is 25.9 Å². The predicted octanol–water partition coefficient (Wildman–Crippen LogP) is 3.55. The molecule has 0 spiro atoms. The largest absolute Gasteiger partial charge is 0.493 e. The van der Waals surface area contributed by atoms with Crippen LogP contribution in [-0.4, -0.2) is 61.2 Å². The van der Waals surface area contributed by atoms with Crippen LogP contribution in [0.25, 0.3) is 0 Å². The lowest BCUT2D eigenvalue weighted by Crippen LogP contribution is -2.42. The van der Waals surface area contributed by atoms with Crippen molar-refractivity contribution in [3.8, 4) is 5.75 Å². The molecule has 2 heterocycles. The van der Waals surface area contributed by atoms with Gasteiger partial charge in [0.05, 0.1) is 13.3 Å². The van der Waals surface area contributed by atoms with Crippen LogP contribution in [0, 0.1) is 0 Å². The van der Waals surface area contributed by atoms with Crippen LogP contribution in [0.1, 0.15) is 42.5 Å². The third kappa shape index (κ3) is 5.32. The number of hydrogen-bond acceptors (Lipinski definition) is 3. The summed E-state index contributed by atoms with van der Waals surface area (Å²) in [6.07, 6.45) is 5.16. The third-order valence-electron chi connectivity index (χ3n) is 4.95. The zero-order valence-corrected chi connectivity index (χ0v) is 15.5. The highest BCUT2D eigenvalue weighted by molar-refractivity contribution is 5.94. The maximum Gasteiger partial charge on any atom is 0.254 e. The molecule has 3 rings (SSSR count). The average Bonchev–Trinajstić information content (AvgIpc) is 3.27. The van der Waals surface area contributed by atoms with Gasteiger partial charge in [-0.15, -0.1) is 12.4 Å². The van der Waals surface area contributed by atoms with Crippen LogP contribution < -0.4 is 4.74 Å². The molecule has 1 aromatic rings. The Morgan fingerprint density at radius 3 is 2.52 bits per heavy atom. The second-order valence-corrected chi connectivity index (χ2v) is 6.72. The lowest BCUT2D eigenvalue weighted by molar-refractivity contribution is 0.0708. The van der Waals surface area contributed by atoms with E-state index in [-0.39, 0.29) is 25.0 Å². The summed E-state index contributed by atoms with van der Waals surface area (Å²) in [5.74, 6) is 0.807. The summed E-state index contributed by atoms with van der Waals surface area (Å²) >= 11 is 0. The number of rotatable bonds is 7. The zero-order valence-electron chi connectivity index (χ0n) is 14.7. The van der Waals surface area contributed by atoms with Crippen LogP contribution in [0.2, 0.25) is 0 Å². The Morgan fingerprint density at radius 1 is 1.12 bits per heavy atom. The first-order chi connectivity index (χ1) is 11.8. The number of amides is 1. The van der Waals surface area contributed by atoms with Crippen LogP contribution >= 0.6 is 12.4 Å². The molecule has 0 aliphatic carbocycles. The maximum atomic E-state index is 12.8. The van der Waals surface area contributed by atoms with Gasteiger partial charge in [0.25, 0.3) is 5.91 Å². The molecule has 25 heavy (non-hydrogen) atoms. The summed E-state index contributed by atoms with van der Waals surface area (Å²) in [4.78, 5) is 17.3. The monoisotopic (exact) mass is 370 g/mol. The molecule has 2 aliphatic rings. The second kappa shape index (κ2) is 9.97. The van der Waals surface area contributed by atoms with Crippen molar-refractivity contribution in [3.05, 3.63) is 29.8 Å². The van der Waals surface area contributed by atoms with Gasteiger partial charge in [0.2, 0.25) is 0 Å². The van der Waals surface area contributed by atoms with Gasteiger partial charge in [-0.3, -0.25) is 9.18 Å². The van der Waals surface area contributed by atoms with Crippen LogP contribution in [0.15, 0.2) is 24.3 Å². The van der Waals surface area contributed by atoms with Crippen molar-refractivity contribution >= 4 is 18.3 Å². The van der Waals surface area contributed by atoms with Crippen LogP contribution in [-0.2, 0) is 0 Å². The van der Waals surface area contributed by atoms with Gasteiger partial charge in [-0.1, -0.05) is 0 Å². The number of nitrogens with zero attached hydrogens (tertiary/aromatic N) is 2. The van der Waals surface area contributed by atoms with Gasteiger partial charge >= 0.3 is 0 Å². The van der Waals surface area contributed by atoms with Gasteiger partial charge in [0, 0.05) is 31.1 Å². The highest BCUT2D eigenvalue weighted by Gasteiger charge is 2.31. The van der Waals surface area contributed by atoms with Crippen LogP contribution in [0.5, 0.6) is 5.75 Å². The number of alkyl halides is 1. The molecular weight excluding hydrogens is 343 g/mol. The molecule has 0 radical (unpaired) electrons. The van der Waals surface area contributed by atoms with Crippen molar-refractivity contribution in [1.29, 1.82) is 0 Å². The quantitative estimate of drug-likeness (QED) is 0.688. The fourth-order valence-electron chi connectivity index (χ4n) is 3.66. The Kier molecular flexibility index (Phi) is 7.97. The second-order valence-electron chi connectivity index (χ2n) is 6.72. The molecule has 2 saturated heterocycles. The summed E-state index contributed by atoms with van der Waals surface area (Å²) in [7, 11) is 0. The molecule has 6 heteroatoms. The Hall–Kier alpha value is -1.33. The molecule has 0 saturated carbocycles. The Morgan fingerprint density at radius 2 is 1.84 bits per heavy atom. The summed E-state index contributed by atoms with van der Waals surface area (Å²) in [5, 5.41) is 0. The average molecular weight is 371 g/mol. The van der Waals surface area contributed by atoms with Crippen LogP contribution in [0.4, 0.5) is 4.39 Å². The van der Waals surface area contributed by atoms with Gasteiger partial charge in [0.15, 0.2) is 0 Å². The zero-order chi connectivity index (χ0) is 16.8. The van der Waals surface area contributed by atoms with E-state index in [4.69, 9.17) is 4.74 Å². The fourth-order valence-corrected chi connectivity index (χ4v) is 3.66. The van der Waals surface area contributed by atoms with E-state index in [9.17, 15) is 9.18 Å². The fraction of sp³-hybridized carbons (Fsp3) is 0.632. The van der Waals surface area contributed by atoms with E-state index in [0.29, 0.717) is 30.4 Å². The molecule has 1 aromatic carbocycles. The van der Waals surface area contributed by atoms with E-state index >= 15 is 0 Å². The predicted molar refractivity (Wildman–Crippen MR) is 99.5 cm³/mol. The lowest BCUT2D eigenvalue weighted by Gasteiger charge is -2.28. The molecule has 0 aromatic heterocycles. The van der Waals surface area contributed by atoms with Crippen molar-refractivity contribution in [2.75, 3.05) is 39.5 Å². The van der Waals surface area contributed by atoms with Gasteiger partial charge in [-0.2, -0.15) is 0 Å². The standard InChI is InChI=1S/C19H27FN2O2.ClH/c20-10-4-14-24-18-8-6-16(7-9-18)19(23)22-13-3-5-17(22)15-21-11-1-2-12-21;/h6-9,17H,1-5,10-15H2;1H/t17-;/m0./s1. The first-order valence-corrected chi connectivity index (χ1v) is 9.10. The molecular formula is C19H28ClFN2O2. The molecule has 2 aliphatic heterocycles.